The minimum Gasteiger partial charge on any atom is -0.387 e. The summed E-state index contributed by atoms with van der Waals surface area (Å²) < 4.78 is 54.9. The fourth-order valence-electron chi connectivity index (χ4n) is 3.14. The third-order valence-electron chi connectivity index (χ3n) is 4.52. The highest BCUT2D eigenvalue weighted by molar-refractivity contribution is 6.30. The Morgan fingerprint density at radius 2 is 2.11 bits per heavy atom. The average Bonchev–Trinajstić information content (AvgIpc) is 2.63. The molecule has 0 fully saturated rings. The van der Waals surface area contributed by atoms with Crippen LogP contribution in [-0.2, 0) is 23.2 Å². The second-order valence-corrected chi connectivity index (χ2v) is 6.71. The van der Waals surface area contributed by atoms with E-state index in [-0.39, 0.29) is 34.7 Å². The molecule has 2 atom stereocenters. The molecule has 1 amide bonds. The molecule has 0 bridgehead atoms. The molecule has 2 aromatic rings. The van der Waals surface area contributed by atoms with Gasteiger partial charge in [0, 0.05) is 23.3 Å². The lowest BCUT2D eigenvalue weighted by Gasteiger charge is -2.32. The van der Waals surface area contributed by atoms with Gasteiger partial charge in [0.2, 0.25) is 5.67 Å². The second kappa shape index (κ2) is 7.09. The molecule has 1 heterocycles. The standard InChI is InChI=1S/C18H15ClF4N2O2/c19-11-4-3-10(13(8-11)18(21,22)23)9-25-16(27)17(20)6-5-14(26)15-12(17)2-1-7-24-15/h1-4,7-8,14,26H,5-6,9H2,(H,25,27)/t14-,17-/m1/s1. The second-order valence-electron chi connectivity index (χ2n) is 6.27. The van der Waals surface area contributed by atoms with Gasteiger partial charge in [-0.3, -0.25) is 9.78 Å². The number of nitrogens with one attached hydrogen (secondary N) is 1. The lowest BCUT2D eigenvalue weighted by atomic mass is 9.81. The summed E-state index contributed by atoms with van der Waals surface area (Å²) in [5.41, 5.74) is -3.72. The highest BCUT2D eigenvalue weighted by Crippen LogP contribution is 2.42. The van der Waals surface area contributed by atoms with Gasteiger partial charge in [0.05, 0.1) is 17.4 Å². The minimum atomic E-state index is -4.66. The zero-order chi connectivity index (χ0) is 19.8. The molecule has 9 heteroatoms. The number of aliphatic hydroxyl groups excluding tert-OH is 1. The van der Waals surface area contributed by atoms with Crippen LogP contribution in [0.15, 0.2) is 36.5 Å². The van der Waals surface area contributed by atoms with Crippen LogP contribution in [0.25, 0.3) is 0 Å². The van der Waals surface area contributed by atoms with Gasteiger partial charge in [-0.15, -0.1) is 0 Å². The largest absolute Gasteiger partial charge is 0.416 e. The van der Waals surface area contributed by atoms with Crippen LogP contribution in [0.4, 0.5) is 17.6 Å². The van der Waals surface area contributed by atoms with E-state index in [0.29, 0.717) is 0 Å². The van der Waals surface area contributed by atoms with Crippen LogP contribution >= 0.6 is 11.6 Å². The average molecular weight is 403 g/mol. The molecular weight excluding hydrogens is 388 g/mol. The Balaban J connectivity index is 1.85. The normalized spacial score (nSPS) is 22.2. The van der Waals surface area contributed by atoms with Gasteiger partial charge in [-0.25, -0.2) is 4.39 Å². The van der Waals surface area contributed by atoms with Crippen molar-refractivity contribution in [2.75, 3.05) is 0 Å². The zero-order valence-corrected chi connectivity index (χ0v) is 14.6. The number of hydrogen-bond donors (Lipinski definition) is 2. The monoisotopic (exact) mass is 402 g/mol. The zero-order valence-electron chi connectivity index (χ0n) is 13.9. The molecule has 0 saturated heterocycles. The maximum atomic E-state index is 15.4. The van der Waals surface area contributed by atoms with Gasteiger partial charge < -0.3 is 10.4 Å². The van der Waals surface area contributed by atoms with Crippen LogP contribution in [-0.4, -0.2) is 16.0 Å². The van der Waals surface area contributed by atoms with Gasteiger partial charge in [0.1, 0.15) is 0 Å². The molecule has 0 saturated carbocycles. The van der Waals surface area contributed by atoms with E-state index in [1.807, 2.05) is 0 Å². The van der Waals surface area contributed by atoms with E-state index in [1.165, 1.54) is 24.4 Å². The number of pyridine rings is 1. The molecular formula is C18H15ClF4N2O2. The number of amides is 1. The first-order chi connectivity index (χ1) is 12.6. The summed E-state index contributed by atoms with van der Waals surface area (Å²) >= 11 is 5.62. The maximum absolute atomic E-state index is 15.4. The molecule has 1 aromatic heterocycles. The van der Waals surface area contributed by atoms with Crippen molar-refractivity contribution in [2.24, 2.45) is 0 Å². The number of rotatable bonds is 3. The van der Waals surface area contributed by atoms with Gasteiger partial charge in [-0.2, -0.15) is 13.2 Å². The van der Waals surface area contributed by atoms with E-state index >= 15 is 4.39 Å². The van der Waals surface area contributed by atoms with Crippen molar-refractivity contribution in [3.05, 3.63) is 63.9 Å². The SMILES string of the molecule is O=C(NCc1ccc(Cl)cc1C(F)(F)F)[C@@]1(F)CC[C@@H](O)c2ncccc21. The van der Waals surface area contributed by atoms with Gasteiger partial charge in [-0.05, 0) is 36.6 Å². The molecule has 1 aliphatic rings. The van der Waals surface area contributed by atoms with Gasteiger partial charge >= 0.3 is 6.18 Å². The topological polar surface area (TPSA) is 62.2 Å². The number of carbonyl (C=O) groups is 1. The van der Waals surface area contributed by atoms with Crippen molar-refractivity contribution < 1.29 is 27.5 Å². The van der Waals surface area contributed by atoms with Crippen LogP contribution < -0.4 is 5.32 Å². The summed E-state index contributed by atoms with van der Waals surface area (Å²) in [5, 5.41) is 12.1. The Labute approximate surface area is 157 Å². The predicted molar refractivity (Wildman–Crippen MR) is 89.5 cm³/mol. The van der Waals surface area contributed by atoms with Gasteiger partial charge in [0.25, 0.3) is 5.91 Å². The molecule has 3 rings (SSSR count). The minimum absolute atomic E-state index is 0.0251. The lowest BCUT2D eigenvalue weighted by Crippen LogP contribution is -2.44. The molecule has 1 aromatic carbocycles. The van der Waals surface area contributed by atoms with Crippen molar-refractivity contribution >= 4 is 17.5 Å². The summed E-state index contributed by atoms with van der Waals surface area (Å²) in [7, 11) is 0. The number of aromatic nitrogens is 1. The van der Waals surface area contributed by atoms with Gasteiger partial charge in [0.15, 0.2) is 0 Å². The van der Waals surface area contributed by atoms with E-state index < -0.39 is 36.0 Å². The lowest BCUT2D eigenvalue weighted by molar-refractivity contribution is -0.139. The molecule has 1 aliphatic carbocycles. The number of alkyl halides is 4. The number of carbonyl (C=O) groups excluding carboxylic acids is 1. The van der Waals surface area contributed by atoms with Gasteiger partial charge in [-0.1, -0.05) is 23.7 Å². The third kappa shape index (κ3) is 3.77. The number of halogens is 5. The number of aliphatic hydroxyl groups is 1. The number of hydrogen-bond acceptors (Lipinski definition) is 3. The van der Waals surface area contributed by atoms with Crippen LogP contribution in [0.5, 0.6) is 0 Å². The summed E-state index contributed by atoms with van der Waals surface area (Å²) in [6.07, 6.45) is -4.61. The summed E-state index contributed by atoms with van der Waals surface area (Å²) in [5.74, 6) is -1.08. The van der Waals surface area contributed by atoms with Crippen LogP contribution in [0.2, 0.25) is 5.02 Å². The number of benzene rings is 1. The van der Waals surface area contributed by atoms with Crippen LogP contribution in [0, 0.1) is 0 Å². The molecule has 2 N–H and O–H groups in total. The van der Waals surface area contributed by atoms with Crippen LogP contribution in [0.1, 0.15) is 41.3 Å². The maximum Gasteiger partial charge on any atom is 0.416 e. The fraction of sp³-hybridized carbons (Fsp3) is 0.333. The molecule has 0 aliphatic heterocycles. The van der Waals surface area contributed by atoms with E-state index in [4.69, 9.17) is 11.6 Å². The highest BCUT2D eigenvalue weighted by atomic mass is 35.5. The van der Waals surface area contributed by atoms with E-state index in [9.17, 15) is 23.1 Å². The molecule has 144 valence electrons. The summed E-state index contributed by atoms with van der Waals surface area (Å²) in [4.78, 5) is 16.4. The molecule has 27 heavy (non-hydrogen) atoms. The summed E-state index contributed by atoms with van der Waals surface area (Å²) in [6.45, 7) is -0.519. The number of nitrogens with zero attached hydrogens (tertiary/aromatic N) is 1. The van der Waals surface area contributed by atoms with E-state index in [2.05, 4.69) is 10.3 Å². The Kier molecular flexibility index (Phi) is 5.14. The van der Waals surface area contributed by atoms with Crippen molar-refractivity contribution in [1.29, 1.82) is 0 Å². The van der Waals surface area contributed by atoms with Crippen molar-refractivity contribution in [2.45, 2.75) is 37.3 Å². The highest BCUT2D eigenvalue weighted by Gasteiger charge is 2.46. The predicted octanol–water partition coefficient (Wildman–Crippen LogP) is 4.06. The fourth-order valence-corrected chi connectivity index (χ4v) is 3.32. The molecule has 4 nitrogen and oxygen atoms in total. The smallest absolute Gasteiger partial charge is 0.387 e. The van der Waals surface area contributed by atoms with Crippen molar-refractivity contribution in [3.8, 4) is 0 Å². The number of fused-ring (bicyclic) bond motifs is 1. The van der Waals surface area contributed by atoms with Crippen LogP contribution in [0.3, 0.4) is 0 Å². The quantitative estimate of drug-likeness (QED) is 0.761. The third-order valence-corrected chi connectivity index (χ3v) is 4.76. The molecule has 0 unspecified atom stereocenters. The first-order valence-corrected chi connectivity index (χ1v) is 8.47. The van der Waals surface area contributed by atoms with Crippen molar-refractivity contribution in [1.82, 2.24) is 10.3 Å². The molecule has 0 radical (unpaired) electrons. The Morgan fingerprint density at radius 3 is 2.81 bits per heavy atom. The first-order valence-electron chi connectivity index (χ1n) is 8.09. The summed E-state index contributed by atoms with van der Waals surface area (Å²) in [6, 6.07) is 5.92. The van der Waals surface area contributed by atoms with E-state index in [0.717, 1.165) is 12.1 Å². The Hall–Kier alpha value is -2.19. The first kappa shape index (κ1) is 19.6. The Bertz CT molecular complexity index is 875. The van der Waals surface area contributed by atoms with E-state index in [1.54, 1.807) is 0 Å². The Morgan fingerprint density at radius 1 is 1.37 bits per heavy atom. The molecule has 0 spiro atoms. The van der Waals surface area contributed by atoms with Crippen molar-refractivity contribution in [3.63, 3.8) is 0 Å².